The van der Waals surface area contributed by atoms with Crippen molar-refractivity contribution in [2.45, 2.75) is 6.92 Å². The van der Waals surface area contributed by atoms with Gasteiger partial charge in [-0.15, -0.1) is 0 Å². The van der Waals surface area contributed by atoms with Gasteiger partial charge in [-0.3, -0.25) is 0 Å². The number of aryl methyl sites for hydroxylation is 1. The van der Waals surface area contributed by atoms with E-state index >= 15 is 0 Å². The molecule has 0 amide bonds. The van der Waals surface area contributed by atoms with Crippen molar-refractivity contribution in [3.05, 3.63) is 78.4 Å². The van der Waals surface area contributed by atoms with Crippen LogP contribution < -0.4 is 10.5 Å². The minimum atomic E-state index is 0.842. The molecule has 0 radical (unpaired) electrons. The van der Waals surface area contributed by atoms with Gasteiger partial charge in [-0.1, -0.05) is 52.4 Å². The third-order valence-corrected chi connectivity index (χ3v) is 6.34. The van der Waals surface area contributed by atoms with Gasteiger partial charge in [0.1, 0.15) is 28.1 Å². The quantitative estimate of drug-likeness (QED) is 0.145. The highest BCUT2D eigenvalue weighted by molar-refractivity contribution is 14.1. The molecular weight excluding hydrogens is 577 g/mol. The summed E-state index contributed by atoms with van der Waals surface area (Å²) in [5.41, 5.74) is 9.27. The largest absolute Gasteiger partial charge is 0.497 e. The third-order valence-electron chi connectivity index (χ3n) is 6.34. The van der Waals surface area contributed by atoms with Crippen LogP contribution in [0.3, 0.4) is 0 Å². The molecule has 6 heteroatoms. The Hall–Kier alpha value is -3.33. The number of benzene rings is 5. The lowest BCUT2D eigenvalue weighted by Gasteiger charge is -2.02. The number of furan rings is 2. The molecule has 0 spiro atoms. The summed E-state index contributed by atoms with van der Waals surface area (Å²) in [4.78, 5) is 1.97. The number of ether oxygens (including phenoxy) is 1. The molecule has 7 rings (SSSR count). The van der Waals surface area contributed by atoms with Crippen molar-refractivity contribution in [3.63, 3.8) is 0 Å². The van der Waals surface area contributed by atoms with Gasteiger partial charge < -0.3 is 24.4 Å². The van der Waals surface area contributed by atoms with Crippen molar-refractivity contribution >= 4 is 88.0 Å². The first-order chi connectivity index (χ1) is 18.2. The molecule has 0 saturated carbocycles. The van der Waals surface area contributed by atoms with Crippen LogP contribution in [0.25, 0.3) is 65.4 Å². The summed E-state index contributed by atoms with van der Waals surface area (Å²) in [6.07, 6.45) is 0. The minimum absolute atomic E-state index is 0.842. The van der Waals surface area contributed by atoms with Crippen molar-refractivity contribution in [2.24, 2.45) is 5.73 Å². The molecule has 37 heavy (non-hydrogen) atoms. The molecule has 0 aliphatic heterocycles. The lowest BCUT2D eigenvalue weighted by molar-refractivity contribution is 0.399. The van der Waals surface area contributed by atoms with Gasteiger partial charge in [-0.25, -0.2) is 0 Å². The summed E-state index contributed by atoms with van der Waals surface area (Å²) in [5, 5.41) is 16.0. The Morgan fingerprint density at radius 2 is 1.03 bits per heavy atom. The Bertz CT molecular complexity index is 1850. The van der Waals surface area contributed by atoms with Crippen molar-refractivity contribution in [1.29, 1.82) is 0 Å². The van der Waals surface area contributed by atoms with Crippen LogP contribution in [0.2, 0.25) is 0 Å². The van der Waals surface area contributed by atoms with E-state index in [4.69, 9.17) is 18.7 Å². The van der Waals surface area contributed by atoms with Crippen LogP contribution in [0.4, 0.5) is 0 Å². The van der Waals surface area contributed by atoms with Crippen LogP contribution in [0.5, 0.6) is 5.75 Å². The summed E-state index contributed by atoms with van der Waals surface area (Å²) < 4.78 is 17.9. The van der Waals surface area contributed by atoms with E-state index in [2.05, 4.69) is 95.9 Å². The molecule has 3 N–H and O–H groups in total. The van der Waals surface area contributed by atoms with E-state index in [0.29, 0.717) is 0 Å². The van der Waals surface area contributed by atoms with Crippen molar-refractivity contribution in [1.82, 2.24) is 0 Å². The number of hydrogen-bond acceptors (Lipinski definition) is 5. The van der Waals surface area contributed by atoms with E-state index < -0.39 is 0 Å². The Morgan fingerprint density at radius 3 is 1.54 bits per heavy atom. The number of alkyl halides is 1. The summed E-state index contributed by atoms with van der Waals surface area (Å²) >= 11 is 2.15. The first-order valence-electron chi connectivity index (χ1n) is 11.8. The SMILES string of the molecule is CI.CN.CO.COc1ccc2cc3c(cc2c1)oc1cc2c(cc13)oc1cc3cc(C)ccc3cc12. The second-order valence-corrected chi connectivity index (χ2v) is 8.31. The van der Waals surface area contributed by atoms with Gasteiger partial charge in [-0.05, 0) is 89.0 Å². The van der Waals surface area contributed by atoms with Gasteiger partial charge in [0.05, 0.1) is 7.11 Å². The van der Waals surface area contributed by atoms with Crippen LogP contribution in [-0.4, -0.2) is 31.3 Å². The molecule has 2 aromatic heterocycles. The van der Waals surface area contributed by atoms with Gasteiger partial charge in [0.2, 0.25) is 0 Å². The summed E-state index contributed by atoms with van der Waals surface area (Å²) in [5.74, 6) is 0.842. The van der Waals surface area contributed by atoms with Gasteiger partial charge in [0.25, 0.3) is 0 Å². The van der Waals surface area contributed by atoms with Crippen molar-refractivity contribution in [3.8, 4) is 5.75 Å². The van der Waals surface area contributed by atoms with Crippen molar-refractivity contribution in [2.75, 3.05) is 26.2 Å². The first-order valence-corrected chi connectivity index (χ1v) is 13.9. The molecule has 7 aromatic rings. The summed E-state index contributed by atoms with van der Waals surface area (Å²) in [7, 11) is 4.19. The molecule has 0 fully saturated rings. The van der Waals surface area contributed by atoms with Crippen LogP contribution in [0.15, 0.2) is 81.6 Å². The molecule has 0 unspecified atom stereocenters. The van der Waals surface area contributed by atoms with E-state index in [0.717, 1.165) is 67.5 Å². The van der Waals surface area contributed by atoms with Gasteiger partial charge in [0.15, 0.2) is 0 Å². The second kappa shape index (κ2) is 11.4. The fourth-order valence-corrected chi connectivity index (χ4v) is 4.75. The molecule has 0 bridgehead atoms. The summed E-state index contributed by atoms with van der Waals surface area (Å²) in [6, 6.07) is 25.5. The Labute approximate surface area is 228 Å². The monoisotopic (exact) mass is 607 g/mol. The maximum Gasteiger partial charge on any atom is 0.136 e. The smallest absolute Gasteiger partial charge is 0.136 e. The average Bonchev–Trinajstić information content (AvgIpc) is 3.48. The zero-order chi connectivity index (χ0) is 26.7. The van der Waals surface area contributed by atoms with Gasteiger partial charge in [0, 0.05) is 28.7 Å². The zero-order valence-electron chi connectivity index (χ0n) is 21.6. The number of aliphatic hydroxyl groups excluding tert-OH is 1. The highest BCUT2D eigenvalue weighted by Gasteiger charge is 2.15. The second-order valence-electron chi connectivity index (χ2n) is 8.31. The Balaban J connectivity index is 0.000000500. The fourth-order valence-electron chi connectivity index (χ4n) is 4.75. The van der Waals surface area contributed by atoms with E-state index in [1.54, 1.807) is 7.11 Å². The van der Waals surface area contributed by atoms with E-state index in [1.807, 2.05) is 17.1 Å². The lowest BCUT2D eigenvalue weighted by atomic mass is 10.0. The number of fused-ring (bicyclic) bond motifs is 8. The molecule has 0 atom stereocenters. The van der Waals surface area contributed by atoms with Gasteiger partial charge >= 0.3 is 0 Å². The van der Waals surface area contributed by atoms with Crippen LogP contribution in [0.1, 0.15) is 5.56 Å². The molecule has 0 aliphatic carbocycles. The molecule has 0 aliphatic rings. The number of methoxy groups -OCH3 is 1. The fraction of sp³-hybridized carbons (Fsp3) is 0.161. The topological polar surface area (TPSA) is 81.8 Å². The maximum absolute atomic E-state index is 7.00. The average molecular weight is 607 g/mol. The van der Waals surface area contributed by atoms with E-state index in [1.165, 1.54) is 23.4 Å². The number of nitrogens with two attached hydrogens (primary N) is 1. The van der Waals surface area contributed by atoms with Crippen LogP contribution in [-0.2, 0) is 0 Å². The number of aliphatic hydroxyl groups is 1. The molecule has 2 heterocycles. The number of hydrogen-bond donors (Lipinski definition) is 2. The minimum Gasteiger partial charge on any atom is -0.497 e. The molecule has 0 saturated heterocycles. The number of rotatable bonds is 1. The predicted octanol–water partition coefficient (Wildman–Crippen LogP) is 8.34. The van der Waals surface area contributed by atoms with Crippen molar-refractivity contribution < 1.29 is 18.7 Å². The molecule has 5 nitrogen and oxygen atoms in total. The Kier molecular flexibility index (Phi) is 8.22. The van der Waals surface area contributed by atoms with Crippen LogP contribution >= 0.6 is 22.6 Å². The standard InChI is InChI=1S/C28H18O3.CH3I.CH5N.CH4O/c1-15-3-4-16-9-21-23-13-28-24(14-27(23)30-25(21)11-18(16)7-15)22-10-17-5-6-20(29-2)8-19(17)12-26(22)31-28;3*1-2/h3-14H,1-2H3;1H3;2H2,1H3;2H,1H3. The van der Waals surface area contributed by atoms with Gasteiger partial charge in [-0.2, -0.15) is 0 Å². The Morgan fingerprint density at radius 1 is 0.595 bits per heavy atom. The maximum atomic E-state index is 7.00. The van der Waals surface area contributed by atoms with Crippen LogP contribution in [0, 0.1) is 6.92 Å². The van der Waals surface area contributed by atoms with E-state index in [9.17, 15) is 0 Å². The predicted molar refractivity (Wildman–Crippen MR) is 165 cm³/mol. The molecule has 190 valence electrons. The highest BCUT2D eigenvalue weighted by Crippen LogP contribution is 2.39. The third kappa shape index (κ3) is 4.72. The first kappa shape index (κ1) is 26.7. The molecular formula is C31H30INO4. The molecule has 5 aromatic carbocycles. The summed E-state index contributed by atoms with van der Waals surface area (Å²) in [6.45, 7) is 2.11. The normalized spacial score (nSPS) is 10.7. The zero-order valence-corrected chi connectivity index (χ0v) is 23.7. The number of halogens is 1. The lowest BCUT2D eigenvalue weighted by Crippen LogP contribution is -1.82. The van der Waals surface area contributed by atoms with E-state index in [-0.39, 0.29) is 0 Å². The highest BCUT2D eigenvalue weighted by atomic mass is 127.